The molecular weight excluding hydrogens is 294 g/mol. The van der Waals surface area contributed by atoms with Crippen LogP contribution in [0.25, 0.3) is 10.2 Å². The number of carbonyl (C=O) groups is 1. The second-order valence-electron chi connectivity index (χ2n) is 4.17. The molecule has 0 atom stereocenters. The first-order valence-electron chi connectivity index (χ1n) is 5.85. The summed E-state index contributed by atoms with van der Waals surface area (Å²) < 4.78 is 0.949. The zero-order valence-electron chi connectivity index (χ0n) is 10.3. The maximum absolute atomic E-state index is 11.0. The Kier molecular flexibility index (Phi) is 3.30. The lowest BCUT2D eigenvalue weighted by molar-refractivity contribution is 0.100. The number of anilines is 2. The molecule has 0 saturated heterocycles. The van der Waals surface area contributed by atoms with E-state index >= 15 is 0 Å². The predicted octanol–water partition coefficient (Wildman–Crippen LogP) is 3.79. The number of hydrogen-bond acceptors (Lipinski definition) is 4. The highest BCUT2D eigenvalue weighted by Crippen LogP contribution is 2.33. The summed E-state index contributed by atoms with van der Waals surface area (Å²) in [7, 11) is 0. The van der Waals surface area contributed by atoms with Gasteiger partial charge < -0.3 is 11.1 Å². The summed E-state index contributed by atoms with van der Waals surface area (Å²) in [5, 5.41) is 4.63. The number of carbonyl (C=O) groups excluding carboxylic acids is 1. The molecule has 6 heteroatoms. The van der Waals surface area contributed by atoms with E-state index in [2.05, 4.69) is 10.3 Å². The Morgan fingerprint density at radius 1 is 1.20 bits per heavy atom. The number of aromatic nitrogens is 1. The van der Waals surface area contributed by atoms with Crippen LogP contribution in [0.1, 0.15) is 10.4 Å². The van der Waals surface area contributed by atoms with Crippen LogP contribution < -0.4 is 11.1 Å². The predicted molar refractivity (Wildman–Crippen MR) is 82.9 cm³/mol. The molecule has 0 bridgehead atoms. The number of rotatable bonds is 3. The van der Waals surface area contributed by atoms with Crippen LogP contribution in [0.4, 0.5) is 10.8 Å². The molecule has 100 valence electrons. The Labute approximate surface area is 124 Å². The van der Waals surface area contributed by atoms with E-state index in [0.717, 1.165) is 21.0 Å². The Morgan fingerprint density at radius 2 is 1.95 bits per heavy atom. The molecule has 0 spiro atoms. The summed E-state index contributed by atoms with van der Waals surface area (Å²) >= 11 is 7.60. The third kappa shape index (κ3) is 2.45. The summed E-state index contributed by atoms with van der Waals surface area (Å²) in [5.41, 5.74) is 7.37. The molecule has 0 aliphatic carbocycles. The number of hydrogen-bond donors (Lipinski definition) is 2. The van der Waals surface area contributed by atoms with Gasteiger partial charge in [-0.2, -0.15) is 0 Å². The first-order chi connectivity index (χ1) is 9.63. The summed E-state index contributed by atoms with van der Waals surface area (Å²) in [6.45, 7) is 0. The fraction of sp³-hybridized carbons (Fsp3) is 0. The lowest BCUT2D eigenvalue weighted by Gasteiger charge is -2.02. The topological polar surface area (TPSA) is 68.0 Å². The van der Waals surface area contributed by atoms with Gasteiger partial charge >= 0.3 is 0 Å². The minimum absolute atomic E-state index is 0.441. The smallest absolute Gasteiger partial charge is 0.248 e. The minimum Gasteiger partial charge on any atom is -0.366 e. The molecule has 1 aromatic heterocycles. The SMILES string of the molecule is NC(=O)c1ccc(Nc2nc3cccc(Cl)c3s2)cc1. The van der Waals surface area contributed by atoms with Gasteiger partial charge in [0.2, 0.25) is 5.91 Å². The van der Waals surface area contributed by atoms with Crippen molar-refractivity contribution in [1.29, 1.82) is 0 Å². The van der Waals surface area contributed by atoms with E-state index in [4.69, 9.17) is 17.3 Å². The monoisotopic (exact) mass is 303 g/mol. The molecule has 2 aromatic carbocycles. The number of halogens is 1. The molecule has 1 heterocycles. The van der Waals surface area contributed by atoms with Gasteiger partial charge in [0.05, 0.1) is 15.2 Å². The second-order valence-corrected chi connectivity index (χ2v) is 5.58. The summed E-state index contributed by atoms with van der Waals surface area (Å²) in [6.07, 6.45) is 0. The van der Waals surface area contributed by atoms with Crippen molar-refractivity contribution < 1.29 is 4.79 Å². The van der Waals surface area contributed by atoms with Gasteiger partial charge in [-0.25, -0.2) is 4.98 Å². The van der Waals surface area contributed by atoms with Gasteiger partial charge in [0.1, 0.15) is 0 Å². The maximum Gasteiger partial charge on any atom is 0.248 e. The van der Waals surface area contributed by atoms with Crippen molar-refractivity contribution in [2.24, 2.45) is 5.73 Å². The first kappa shape index (κ1) is 12.9. The number of amides is 1. The molecule has 0 aliphatic heterocycles. The zero-order chi connectivity index (χ0) is 14.1. The highest BCUT2D eigenvalue weighted by Gasteiger charge is 2.07. The fourth-order valence-corrected chi connectivity index (χ4v) is 2.99. The number of nitrogens with zero attached hydrogens (tertiary/aromatic N) is 1. The summed E-state index contributed by atoms with van der Waals surface area (Å²) in [6, 6.07) is 12.5. The van der Waals surface area contributed by atoms with Crippen molar-refractivity contribution in [3.63, 3.8) is 0 Å². The van der Waals surface area contributed by atoms with Crippen molar-refractivity contribution >= 4 is 49.9 Å². The number of benzene rings is 2. The number of nitrogens with two attached hydrogens (primary N) is 1. The van der Waals surface area contributed by atoms with Gasteiger partial charge in [-0.1, -0.05) is 29.0 Å². The molecule has 0 saturated carbocycles. The van der Waals surface area contributed by atoms with E-state index in [9.17, 15) is 4.79 Å². The van der Waals surface area contributed by atoms with Gasteiger partial charge in [0.15, 0.2) is 5.13 Å². The standard InChI is InChI=1S/C14H10ClN3OS/c15-10-2-1-3-11-12(10)20-14(18-11)17-9-6-4-8(5-7-9)13(16)19/h1-7H,(H2,16,19)(H,17,18). The Balaban J connectivity index is 1.89. The molecule has 4 nitrogen and oxygen atoms in total. The van der Waals surface area contributed by atoms with Crippen LogP contribution in [0.3, 0.4) is 0 Å². The van der Waals surface area contributed by atoms with Crippen molar-refractivity contribution in [3.05, 3.63) is 53.1 Å². The zero-order valence-corrected chi connectivity index (χ0v) is 11.8. The Hall–Kier alpha value is -2.11. The molecule has 0 fully saturated rings. The van der Waals surface area contributed by atoms with E-state index in [1.165, 1.54) is 11.3 Å². The van der Waals surface area contributed by atoms with Crippen molar-refractivity contribution in [2.75, 3.05) is 5.32 Å². The number of fused-ring (bicyclic) bond motifs is 1. The van der Waals surface area contributed by atoms with E-state index in [1.807, 2.05) is 18.2 Å². The summed E-state index contributed by atoms with van der Waals surface area (Å²) in [5.74, 6) is -0.441. The van der Waals surface area contributed by atoms with Crippen molar-refractivity contribution in [1.82, 2.24) is 4.98 Å². The van der Waals surface area contributed by atoms with Gasteiger partial charge in [-0.3, -0.25) is 4.79 Å². The lowest BCUT2D eigenvalue weighted by atomic mass is 10.2. The largest absolute Gasteiger partial charge is 0.366 e. The highest BCUT2D eigenvalue weighted by molar-refractivity contribution is 7.22. The lowest BCUT2D eigenvalue weighted by Crippen LogP contribution is -2.10. The number of primary amides is 1. The number of nitrogens with one attached hydrogen (secondary N) is 1. The molecule has 0 radical (unpaired) electrons. The molecule has 0 aliphatic rings. The van der Waals surface area contributed by atoms with Gasteiger partial charge in [0, 0.05) is 11.3 Å². The van der Waals surface area contributed by atoms with Gasteiger partial charge in [-0.15, -0.1) is 0 Å². The van der Waals surface area contributed by atoms with E-state index in [0.29, 0.717) is 10.6 Å². The van der Waals surface area contributed by atoms with Crippen LogP contribution in [-0.2, 0) is 0 Å². The average molecular weight is 304 g/mol. The quantitative estimate of drug-likeness (QED) is 0.773. The normalized spacial score (nSPS) is 10.7. The molecule has 0 unspecified atom stereocenters. The van der Waals surface area contributed by atoms with Crippen LogP contribution in [0.2, 0.25) is 5.02 Å². The van der Waals surface area contributed by atoms with E-state index in [1.54, 1.807) is 24.3 Å². The molecule has 3 rings (SSSR count). The Morgan fingerprint density at radius 3 is 2.60 bits per heavy atom. The third-order valence-electron chi connectivity index (χ3n) is 2.79. The third-order valence-corrected chi connectivity index (χ3v) is 4.23. The maximum atomic E-state index is 11.0. The fourth-order valence-electron chi connectivity index (χ4n) is 1.81. The Bertz CT molecular complexity index is 783. The molecule has 3 aromatic rings. The average Bonchev–Trinajstić information content (AvgIpc) is 2.83. The van der Waals surface area contributed by atoms with Gasteiger partial charge in [0.25, 0.3) is 0 Å². The van der Waals surface area contributed by atoms with Crippen molar-refractivity contribution in [3.8, 4) is 0 Å². The van der Waals surface area contributed by atoms with Crippen LogP contribution in [-0.4, -0.2) is 10.9 Å². The highest BCUT2D eigenvalue weighted by atomic mass is 35.5. The van der Waals surface area contributed by atoms with Crippen molar-refractivity contribution in [2.45, 2.75) is 0 Å². The van der Waals surface area contributed by atoms with E-state index in [-0.39, 0.29) is 0 Å². The summed E-state index contributed by atoms with van der Waals surface area (Å²) in [4.78, 5) is 15.5. The van der Waals surface area contributed by atoms with Crippen LogP contribution >= 0.6 is 22.9 Å². The second kappa shape index (κ2) is 5.11. The van der Waals surface area contributed by atoms with Gasteiger partial charge in [-0.05, 0) is 36.4 Å². The molecule has 1 amide bonds. The van der Waals surface area contributed by atoms with E-state index < -0.39 is 5.91 Å². The first-order valence-corrected chi connectivity index (χ1v) is 7.05. The van der Waals surface area contributed by atoms with Crippen LogP contribution in [0, 0.1) is 0 Å². The minimum atomic E-state index is -0.441. The molecule has 20 heavy (non-hydrogen) atoms. The number of thiazole rings is 1. The van der Waals surface area contributed by atoms with Crippen LogP contribution in [0.15, 0.2) is 42.5 Å². The molecule has 3 N–H and O–H groups in total. The molecular formula is C14H10ClN3OS. The van der Waals surface area contributed by atoms with Crippen LogP contribution in [0.5, 0.6) is 0 Å².